The number of rotatable bonds is 8. The van der Waals surface area contributed by atoms with Crippen LogP contribution in [0.15, 0.2) is 30.3 Å². The highest BCUT2D eigenvalue weighted by molar-refractivity contribution is 5.72. The van der Waals surface area contributed by atoms with Crippen LogP contribution in [-0.2, 0) is 16.1 Å². The number of benzene rings is 1. The molecule has 0 aliphatic carbocycles. The maximum absolute atomic E-state index is 11.9. The molecule has 0 heterocycles. The third-order valence-electron chi connectivity index (χ3n) is 3.51. The van der Waals surface area contributed by atoms with Crippen LogP contribution in [0.1, 0.15) is 26.3 Å². The number of hydrogen-bond acceptors (Lipinski definition) is 4. The molecular weight excluding hydrogens is 254 g/mol. The molecule has 0 saturated carbocycles. The molecule has 3 atom stereocenters. The molecule has 4 nitrogen and oxygen atoms in total. The fourth-order valence-electron chi connectivity index (χ4n) is 1.68. The SMILES string of the molecule is CC(CNC(C)C(C)CO)C(=O)OCc1ccccc1. The van der Waals surface area contributed by atoms with Crippen LogP contribution in [0.25, 0.3) is 0 Å². The molecular formula is C16H25NO3. The molecule has 1 aromatic rings. The van der Waals surface area contributed by atoms with Crippen LogP contribution in [0.2, 0.25) is 0 Å². The second-order valence-electron chi connectivity index (χ2n) is 5.35. The van der Waals surface area contributed by atoms with Gasteiger partial charge in [-0.15, -0.1) is 0 Å². The number of carbonyl (C=O) groups excluding carboxylic acids is 1. The van der Waals surface area contributed by atoms with Gasteiger partial charge in [0.1, 0.15) is 6.61 Å². The van der Waals surface area contributed by atoms with Crippen molar-refractivity contribution in [1.29, 1.82) is 0 Å². The second-order valence-corrected chi connectivity index (χ2v) is 5.35. The summed E-state index contributed by atoms with van der Waals surface area (Å²) in [4.78, 5) is 11.9. The van der Waals surface area contributed by atoms with E-state index in [1.165, 1.54) is 0 Å². The first-order chi connectivity index (χ1) is 9.54. The quantitative estimate of drug-likeness (QED) is 0.714. The van der Waals surface area contributed by atoms with Gasteiger partial charge in [0, 0.05) is 19.2 Å². The van der Waals surface area contributed by atoms with Gasteiger partial charge in [0.25, 0.3) is 0 Å². The molecule has 0 aromatic heterocycles. The van der Waals surface area contributed by atoms with Crippen molar-refractivity contribution in [2.45, 2.75) is 33.4 Å². The normalized spacial score (nSPS) is 15.4. The summed E-state index contributed by atoms with van der Waals surface area (Å²) in [5.41, 5.74) is 0.989. The van der Waals surface area contributed by atoms with Crippen molar-refractivity contribution in [3.05, 3.63) is 35.9 Å². The van der Waals surface area contributed by atoms with E-state index in [2.05, 4.69) is 5.32 Å². The Kier molecular flexibility index (Phi) is 7.26. The van der Waals surface area contributed by atoms with Crippen LogP contribution >= 0.6 is 0 Å². The van der Waals surface area contributed by atoms with E-state index in [-0.39, 0.29) is 30.5 Å². The molecule has 112 valence electrons. The molecule has 1 rings (SSSR count). The number of nitrogens with one attached hydrogen (secondary N) is 1. The van der Waals surface area contributed by atoms with Gasteiger partial charge in [-0.25, -0.2) is 0 Å². The lowest BCUT2D eigenvalue weighted by atomic mass is 10.0. The summed E-state index contributed by atoms with van der Waals surface area (Å²) >= 11 is 0. The van der Waals surface area contributed by atoms with Crippen molar-refractivity contribution in [2.24, 2.45) is 11.8 Å². The Hall–Kier alpha value is -1.39. The minimum absolute atomic E-state index is 0.140. The molecule has 0 amide bonds. The predicted octanol–water partition coefficient (Wildman–Crippen LogP) is 1.97. The van der Waals surface area contributed by atoms with Crippen LogP contribution in [0, 0.1) is 11.8 Å². The first-order valence-corrected chi connectivity index (χ1v) is 7.09. The largest absolute Gasteiger partial charge is 0.461 e. The first-order valence-electron chi connectivity index (χ1n) is 7.09. The van der Waals surface area contributed by atoms with Gasteiger partial charge >= 0.3 is 5.97 Å². The fraction of sp³-hybridized carbons (Fsp3) is 0.562. The molecule has 1 aromatic carbocycles. The van der Waals surface area contributed by atoms with E-state index >= 15 is 0 Å². The van der Waals surface area contributed by atoms with Crippen molar-refractivity contribution in [3.63, 3.8) is 0 Å². The van der Waals surface area contributed by atoms with Gasteiger partial charge in [0.15, 0.2) is 0 Å². The van der Waals surface area contributed by atoms with Gasteiger partial charge in [-0.05, 0) is 18.4 Å². The van der Waals surface area contributed by atoms with Crippen molar-refractivity contribution in [3.8, 4) is 0 Å². The number of aliphatic hydroxyl groups excluding tert-OH is 1. The lowest BCUT2D eigenvalue weighted by Crippen LogP contribution is -2.38. The summed E-state index contributed by atoms with van der Waals surface area (Å²) in [7, 11) is 0. The second kappa shape index (κ2) is 8.72. The topological polar surface area (TPSA) is 58.6 Å². The Bertz CT molecular complexity index is 394. The standard InChI is InChI=1S/C16H25NO3/c1-12(9-17-14(3)13(2)10-18)16(19)20-11-15-7-5-4-6-8-15/h4-8,12-14,17-18H,9-11H2,1-3H3. The molecule has 4 heteroatoms. The molecule has 0 spiro atoms. The molecule has 20 heavy (non-hydrogen) atoms. The molecule has 2 N–H and O–H groups in total. The zero-order valence-electron chi connectivity index (χ0n) is 12.5. The van der Waals surface area contributed by atoms with Gasteiger partial charge in [-0.2, -0.15) is 0 Å². The van der Waals surface area contributed by atoms with Crippen LogP contribution < -0.4 is 5.32 Å². The van der Waals surface area contributed by atoms with Crippen LogP contribution in [0.5, 0.6) is 0 Å². The maximum atomic E-state index is 11.9. The Morgan fingerprint density at radius 3 is 2.50 bits per heavy atom. The Balaban J connectivity index is 2.29. The predicted molar refractivity (Wildman–Crippen MR) is 79.1 cm³/mol. The van der Waals surface area contributed by atoms with Gasteiger partial charge in [-0.1, -0.05) is 44.2 Å². The van der Waals surface area contributed by atoms with E-state index in [1.807, 2.05) is 51.1 Å². The number of carbonyl (C=O) groups is 1. The third-order valence-corrected chi connectivity index (χ3v) is 3.51. The smallest absolute Gasteiger partial charge is 0.310 e. The molecule has 0 aliphatic heterocycles. The van der Waals surface area contributed by atoms with Crippen LogP contribution in [0.4, 0.5) is 0 Å². The Morgan fingerprint density at radius 2 is 1.90 bits per heavy atom. The van der Waals surface area contributed by atoms with Crippen LogP contribution in [-0.4, -0.2) is 30.3 Å². The summed E-state index contributed by atoms with van der Waals surface area (Å²) in [6.45, 7) is 6.82. The highest BCUT2D eigenvalue weighted by atomic mass is 16.5. The number of esters is 1. The molecule has 0 bridgehead atoms. The summed E-state index contributed by atoms with van der Waals surface area (Å²) in [5.74, 6) is -0.236. The first kappa shape index (κ1) is 16.7. The molecule has 0 aliphatic rings. The molecule has 0 radical (unpaired) electrons. The average molecular weight is 279 g/mol. The summed E-state index contributed by atoms with van der Waals surface area (Å²) in [6, 6.07) is 9.81. The van der Waals surface area contributed by atoms with E-state index < -0.39 is 0 Å². The van der Waals surface area contributed by atoms with E-state index in [1.54, 1.807) is 0 Å². The van der Waals surface area contributed by atoms with Gasteiger partial charge in [-0.3, -0.25) is 4.79 Å². The molecule has 0 saturated heterocycles. The molecule has 0 fully saturated rings. The van der Waals surface area contributed by atoms with Crippen molar-refractivity contribution >= 4 is 5.97 Å². The van der Waals surface area contributed by atoms with E-state index in [0.29, 0.717) is 13.2 Å². The lowest BCUT2D eigenvalue weighted by Gasteiger charge is -2.21. The minimum Gasteiger partial charge on any atom is -0.461 e. The minimum atomic E-state index is -0.204. The van der Waals surface area contributed by atoms with Crippen LogP contribution in [0.3, 0.4) is 0 Å². The Labute approximate surface area is 121 Å². The fourth-order valence-corrected chi connectivity index (χ4v) is 1.68. The molecule has 3 unspecified atom stereocenters. The van der Waals surface area contributed by atoms with Crippen molar-refractivity contribution in [1.82, 2.24) is 5.32 Å². The number of aliphatic hydroxyl groups is 1. The van der Waals surface area contributed by atoms with E-state index in [9.17, 15) is 4.79 Å². The number of hydrogen-bond donors (Lipinski definition) is 2. The zero-order chi connectivity index (χ0) is 15.0. The Morgan fingerprint density at radius 1 is 1.25 bits per heavy atom. The third kappa shape index (κ3) is 5.72. The monoisotopic (exact) mass is 279 g/mol. The van der Waals surface area contributed by atoms with Crippen molar-refractivity contribution < 1.29 is 14.6 Å². The maximum Gasteiger partial charge on any atom is 0.310 e. The van der Waals surface area contributed by atoms with Gasteiger partial charge < -0.3 is 15.2 Å². The summed E-state index contributed by atoms with van der Waals surface area (Å²) in [6.07, 6.45) is 0. The van der Waals surface area contributed by atoms with Gasteiger partial charge in [0.2, 0.25) is 0 Å². The van der Waals surface area contributed by atoms with Crippen molar-refractivity contribution in [2.75, 3.05) is 13.2 Å². The average Bonchev–Trinajstić information content (AvgIpc) is 2.49. The zero-order valence-corrected chi connectivity index (χ0v) is 12.5. The van der Waals surface area contributed by atoms with E-state index in [0.717, 1.165) is 5.56 Å². The van der Waals surface area contributed by atoms with Gasteiger partial charge in [0.05, 0.1) is 5.92 Å². The number of ether oxygens (including phenoxy) is 1. The summed E-state index contributed by atoms with van der Waals surface area (Å²) < 4.78 is 5.28. The highest BCUT2D eigenvalue weighted by Crippen LogP contribution is 2.06. The summed E-state index contributed by atoms with van der Waals surface area (Å²) in [5, 5.41) is 12.3. The lowest BCUT2D eigenvalue weighted by molar-refractivity contribution is -0.149. The van der Waals surface area contributed by atoms with E-state index in [4.69, 9.17) is 9.84 Å². The highest BCUT2D eigenvalue weighted by Gasteiger charge is 2.17.